The summed E-state index contributed by atoms with van der Waals surface area (Å²) in [4.78, 5) is 27.4. The largest absolute Gasteiger partial charge is 0.467 e. The van der Waals surface area contributed by atoms with Crippen molar-refractivity contribution in [1.82, 2.24) is 10.3 Å². The van der Waals surface area contributed by atoms with Crippen LogP contribution in [0.15, 0.2) is 24.5 Å². The molecule has 0 radical (unpaired) electrons. The molecular formula is C14H20N2O3. The van der Waals surface area contributed by atoms with E-state index in [-0.39, 0.29) is 12.3 Å². The molecule has 0 bridgehead atoms. The number of hydrogen-bond donors (Lipinski definition) is 1. The number of nitrogens with zero attached hydrogens (tertiary/aromatic N) is 1. The average molecular weight is 264 g/mol. The lowest BCUT2D eigenvalue weighted by atomic mass is 10.0. The molecule has 5 nitrogen and oxygen atoms in total. The van der Waals surface area contributed by atoms with E-state index in [1.807, 2.05) is 19.9 Å². The summed E-state index contributed by atoms with van der Waals surface area (Å²) in [5.74, 6) is -0.319. The number of hydrogen-bond acceptors (Lipinski definition) is 4. The second-order valence-electron chi connectivity index (χ2n) is 4.81. The van der Waals surface area contributed by atoms with Crippen molar-refractivity contribution in [2.24, 2.45) is 5.92 Å². The quantitative estimate of drug-likeness (QED) is 0.787. The summed E-state index contributed by atoms with van der Waals surface area (Å²) < 4.78 is 4.70. The van der Waals surface area contributed by atoms with Crippen LogP contribution in [0.1, 0.15) is 25.8 Å². The molecule has 104 valence electrons. The number of rotatable bonds is 6. The zero-order chi connectivity index (χ0) is 14.3. The molecule has 0 saturated carbocycles. The minimum absolute atomic E-state index is 0.205. The summed E-state index contributed by atoms with van der Waals surface area (Å²) in [6.07, 6.45) is 4.05. The Morgan fingerprint density at radius 1 is 1.42 bits per heavy atom. The minimum atomic E-state index is -0.589. The highest BCUT2D eigenvalue weighted by Gasteiger charge is 2.22. The molecule has 0 aliphatic heterocycles. The van der Waals surface area contributed by atoms with E-state index in [1.165, 1.54) is 7.11 Å². The molecular weight excluding hydrogens is 244 g/mol. The van der Waals surface area contributed by atoms with Crippen molar-refractivity contribution in [3.05, 3.63) is 30.1 Å². The lowest BCUT2D eigenvalue weighted by molar-refractivity contribution is -0.145. The monoisotopic (exact) mass is 264 g/mol. The zero-order valence-corrected chi connectivity index (χ0v) is 11.6. The second kappa shape index (κ2) is 7.51. The lowest BCUT2D eigenvalue weighted by Crippen LogP contribution is -2.43. The third-order valence-electron chi connectivity index (χ3n) is 2.62. The van der Waals surface area contributed by atoms with Crippen molar-refractivity contribution in [2.75, 3.05) is 7.11 Å². The van der Waals surface area contributed by atoms with Gasteiger partial charge in [-0.15, -0.1) is 0 Å². The molecule has 1 unspecified atom stereocenters. The van der Waals surface area contributed by atoms with Gasteiger partial charge in [0, 0.05) is 12.4 Å². The molecule has 0 aromatic carbocycles. The predicted octanol–water partition coefficient (Wildman–Crippen LogP) is 1.33. The molecule has 0 fully saturated rings. The molecule has 1 amide bonds. The van der Waals surface area contributed by atoms with Gasteiger partial charge in [-0.25, -0.2) is 4.79 Å². The van der Waals surface area contributed by atoms with Crippen molar-refractivity contribution in [3.8, 4) is 0 Å². The molecule has 1 N–H and O–H groups in total. The first kappa shape index (κ1) is 15.1. The highest BCUT2D eigenvalue weighted by molar-refractivity contribution is 5.85. The van der Waals surface area contributed by atoms with E-state index in [9.17, 15) is 9.59 Å². The van der Waals surface area contributed by atoms with Crippen LogP contribution in [0.3, 0.4) is 0 Å². The molecule has 1 aromatic rings. The molecule has 0 saturated heterocycles. The predicted molar refractivity (Wildman–Crippen MR) is 71.3 cm³/mol. The molecule has 1 rings (SSSR count). The smallest absolute Gasteiger partial charge is 0.328 e. The number of ether oxygens (including phenoxy) is 1. The van der Waals surface area contributed by atoms with Crippen LogP contribution in [-0.2, 0) is 20.7 Å². The summed E-state index contributed by atoms with van der Waals surface area (Å²) in [7, 11) is 1.32. The van der Waals surface area contributed by atoms with Gasteiger partial charge in [0.25, 0.3) is 0 Å². The first-order valence-electron chi connectivity index (χ1n) is 6.29. The summed E-state index contributed by atoms with van der Waals surface area (Å²) in [5, 5.41) is 2.71. The van der Waals surface area contributed by atoms with E-state index in [4.69, 9.17) is 4.74 Å². The Labute approximate surface area is 113 Å². The van der Waals surface area contributed by atoms with Crippen LogP contribution in [0.2, 0.25) is 0 Å². The van der Waals surface area contributed by atoms with Gasteiger partial charge in [0.1, 0.15) is 6.04 Å². The highest BCUT2D eigenvalue weighted by Crippen LogP contribution is 2.07. The maximum Gasteiger partial charge on any atom is 0.328 e. The second-order valence-corrected chi connectivity index (χ2v) is 4.81. The molecule has 0 spiro atoms. The van der Waals surface area contributed by atoms with E-state index < -0.39 is 12.0 Å². The number of methoxy groups -OCH3 is 1. The maximum absolute atomic E-state index is 11.9. The van der Waals surface area contributed by atoms with Gasteiger partial charge >= 0.3 is 5.97 Å². The summed E-state index contributed by atoms with van der Waals surface area (Å²) in [6.45, 7) is 3.98. The van der Waals surface area contributed by atoms with Crippen LogP contribution in [0.4, 0.5) is 0 Å². The standard InChI is InChI=1S/C14H20N2O3/c1-10(2)7-12(14(18)19-3)16-13(17)8-11-5-4-6-15-9-11/h4-6,9-10,12H,7-8H2,1-3H3,(H,16,17). The SMILES string of the molecule is COC(=O)C(CC(C)C)NC(=O)Cc1cccnc1. The van der Waals surface area contributed by atoms with Gasteiger partial charge in [-0.3, -0.25) is 9.78 Å². The Morgan fingerprint density at radius 2 is 2.16 bits per heavy atom. The Kier molecular flexibility index (Phi) is 5.99. The van der Waals surface area contributed by atoms with Gasteiger partial charge in [-0.2, -0.15) is 0 Å². The molecule has 0 aliphatic rings. The number of esters is 1. The third-order valence-corrected chi connectivity index (χ3v) is 2.62. The number of pyridine rings is 1. The summed E-state index contributed by atoms with van der Waals surface area (Å²) in [6, 6.07) is 3.01. The normalized spacial score (nSPS) is 12.0. The maximum atomic E-state index is 11.9. The van der Waals surface area contributed by atoms with E-state index in [1.54, 1.807) is 18.5 Å². The van der Waals surface area contributed by atoms with Crippen molar-refractivity contribution in [1.29, 1.82) is 0 Å². The fraction of sp³-hybridized carbons (Fsp3) is 0.500. The molecule has 19 heavy (non-hydrogen) atoms. The van der Waals surface area contributed by atoms with Crippen LogP contribution in [0.25, 0.3) is 0 Å². The molecule has 1 heterocycles. The van der Waals surface area contributed by atoms with E-state index in [0.717, 1.165) is 5.56 Å². The topological polar surface area (TPSA) is 68.3 Å². The Hall–Kier alpha value is -1.91. The number of carbonyl (C=O) groups excluding carboxylic acids is 2. The number of carbonyl (C=O) groups is 2. The fourth-order valence-corrected chi connectivity index (χ4v) is 1.76. The first-order chi connectivity index (χ1) is 9.02. The Bertz CT molecular complexity index is 418. The molecule has 0 aliphatic carbocycles. The van der Waals surface area contributed by atoms with Crippen molar-refractivity contribution in [3.63, 3.8) is 0 Å². The van der Waals surface area contributed by atoms with Gasteiger partial charge in [0.05, 0.1) is 13.5 Å². The summed E-state index contributed by atoms with van der Waals surface area (Å²) >= 11 is 0. The molecule has 1 aromatic heterocycles. The average Bonchev–Trinajstić information content (AvgIpc) is 2.37. The van der Waals surface area contributed by atoms with Crippen molar-refractivity contribution < 1.29 is 14.3 Å². The van der Waals surface area contributed by atoms with Crippen LogP contribution < -0.4 is 5.32 Å². The third kappa shape index (κ3) is 5.50. The van der Waals surface area contributed by atoms with Gasteiger partial charge in [-0.05, 0) is 24.0 Å². The van der Waals surface area contributed by atoms with Crippen LogP contribution in [0, 0.1) is 5.92 Å². The molecule has 5 heteroatoms. The Morgan fingerprint density at radius 3 is 2.68 bits per heavy atom. The van der Waals surface area contributed by atoms with E-state index in [0.29, 0.717) is 12.3 Å². The number of nitrogens with one attached hydrogen (secondary N) is 1. The van der Waals surface area contributed by atoms with Crippen LogP contribution >= 0.6 is 0 Å². The van der Waals surface area contributed by atoms with Gasteiger partial charge in [0.15, 0.2) is 0 Å². The lowest BCUT2D eigenvalue weighted by Gasteiger charge is -2.18. The zero-order valence-electron chi connectivity index (χ0n) is 11.6. The van der Waals surface area contributed by atoms with Crippen LogP contribution in [-0.4, -0.2) is 30.0 Å². The summed E-state index contributed by atoms with van der Waals surface area (Å²) in [5.41, 5.74) is 0.813. The van der Waals surface area contributed by atoms with Crippen LogP contribution in [0.5, 0.6) is 0 Å². The van der Waals surface area contributed by atoms with Gasteiger partial charge in [0.2, 0.25) is 5.91 Å². The molecule has 1 atom stereocenters. The van der Waals surface area contributed by atoms with E-state index >= 15 is 0 Å². The minimum Gasteiger partial charge on any atom is -0.467 e. The fourth-order valence-electron chi connectivity index (χ4n) is 1.76. The van der Waals surface area contributed by atoms with Gasteiger partial charge in [-0.1, -0.05) is 19.9 Å². The van der Waals surface area contributed by atoms with Crippen molar-refractivity contribution in [2.45, 2.75) is 32.7 Å². The Balaban J connectivity index is 2.58. The van der Waals surface area contributed by atoms with Gasteiger partial charge < -0.3 is 10.1 Å². The number of aromatic nitrogens is 1. The van der Waals surface area contributed by atoms with Crippen molar-refractivity contribution >= 4 is 11.9 Å². The first-order valence-corrected chi connectivity index (χ1v) is 6.29. The van der Waals surface area contributed by atoms with E-state index in [2.05, 4.69) is 10.3 Å². The highest BCUT2D eigenvalue weighted by atomic mass is 16.5. The number of amides is 1.